The second-order valence-corrected chi connectivity index (χ2v) is 5.98. The first-order chi connectivity index (χ1) is 13.1. The number of aliphatic carboxylic acids is 1. The Bertz CT molecular complexity index is 1180. The number of pyridine rings is 1. The first kappa shape index (κ1) is 16.6. The van der Waals surface area contributed by atoms with Crippen molar-refractivity contribution in [2.24, 2.45) is 0 Å². The van der Waals surface area contributed by atoms with E-state index >= 15 is 0 Å². The number of para-hydroxylation sites is 2. The summed E-state index contributed by atoms with van der Waals surface area (Å²) in [5.74, 6) is -2.20. The highest BCUT2D eigenvalue weighted by Gasteiger charge is 2.21. The fourth-order valence-corrected chi connectivity index (χ4v) is 3.20. The third-order valence-corrected chi connectivity index (χ3v) is 4.32. The second-order valence-electron chi connectivity index (χ2n) is 5.98. The molecule has 4 rings (SSSR count). The molecule has 7 heteroatoms. The number of carboxylic acid groups (broad SMARTS) is 1. The molecule has 7 nitrogen and oxygen atoms in total. The fourth-order valence-electron chi connectivity index (χ4n) is 3.20. The summed E-state index contributed by atoms with van der Waals surface area (Å²) >= 11 is 0. The van der Waals surface area contributed by atoms with Crippen molar-refractivity contribution in [3.63, 3.8) is 0 Å². The fraction of sp³-hybridized carbons (Fsp3) is 0.0500. The summed E-state index contributed by atoms with van der Waals surface area (Å²) in [6.07, 6.45) is 1.51. The maximum Gasteiger partial charge on any atom is 0.322 e. The molecule has 0 radical (unpaired) electrons. The zero-order valence-electron chi connectivity index (χ0n) is 14.1. The highest BCUT2D eigenvalue weighted by Crippen LogP contribution is 2.37. The number of rotatable bonds is 4. The lowest BCUT2D eigenvalue weighted by molar-refractivity contribution is -0.135. The number of nitrogens with one attached hydrogen (secondary N) is 1. The zero-order valence-corrected chi connectivity index (χ0v) is 14.1. The average molecular weight is 361 g/mol. The van der Waals surface area contributed by atoms with Gasteiger partial charge in [0.05, 0.1) is 22.6 Å². The molecule has 0 atom stereocenters. The van der Waals surface area contributed by atoms with E-state index in [0.29, 0.717) is 10.9 Å². The van der Waals surface area contributed by atoms with Gasteiger partial charge in [0.15, 0.2) is 11.4 Å². The number of hydrogen-bond donors (Lipinski definition) is 3. The largest absolute Gasteiger partial charge is 0.505 e. The van der Waals surface area contributed by atoms with Crippen LogP contribution in [0.4, 0.5) is 0 Å². The Kier molecular flexibility index (Phi) is 3.97. The van der Waals surface area contributed by atoms with Crippen molar-refractivity contribution in [2.75, 3.05) is 6.54 Å². The maximum atomic E-state index is 12.2. The van der Waals surface area contributed by atoms with Crippen LogP contribution in [0.15, 0.2) is 60.8 Å². The summed E-state index contributed by atoms with van der Waals surface area (Å²) in [7, 11) is 0. The van der Waals surface area contributed by atoms with Crippen LogP contribution in [-0.4, -0.2) is 38.2 Å². The lowest BCUT2D eigenvalue weighted by Crippen LogP contribution is -2.29. The van der Waals surface area contributed by atoms with E-state index in [9.17, 15) is 14.7 Å². The van der Waals surface area contributed by atoms with Gasteiger partial charge in [-0.05, 0) is 18.2 Å². The standard InChI is InChI=1S/C20H15N3O4/c24-16(25)11-22-20(27)18-19(26)17-13-8-4-5-9-14(13)23(15(17)10-21-18)12-6-2-1-3-7-12/h1-10,26H,11H2,(H,22,27)(H,24,25). The van der Waals surface area contributed by atoms with E-state index in [1.54, 1.807) is 0 Å². The third kappa shape index (κ3) is 2.75. The lowest BCUT2D eigenvalue weighted by Gasteiger charge is -2.08. The van der Waals surface area contributed by atoms with Crippen LogP contribution in [0, 0.1) is 0 Å². The SMILES string of the molecule is O=C(O)CNC(=O)c1ncc2c(c1O)c1ccccc1n2-c1ccccc1. The number of benzene rings is 2. The molecule has 3 N–H and O–H groups in total. The Morgan fingerprint density at radius 2 is 1.70 bits per heavy atom. The van der Waals surface area contributed by atoms with E-state index in [1.807, 2.05) is 59.2 Å². The molecule has 0 aliphatic rings. The molecular formula is C20H15N3O4. The number of aromatic hydroxyl groups is 1. The smallest absolute Gasteiger partial charge is 0.322 e. The van der Waals surface area contributed by atoms with Crippen molar-refractivity contribution in [2.45, 2.75) is 0 Å². The first-order valence-corrected chi connectivity index (χ1v) is 8.24. The molecule has 0 unspecified atom stereocenters. The number of carboxylic acids is 1. The maximum absolute atomic E-state index is 12.2. The Morgan fingerprint density at radius 1 is 1.00 bits per heavy atom. The minimum absolute atomic E-state index is 0.209. The summed E-state index contributed by atoms with van der Waals surface area (Å²) in [6, 6.07) is 17.1. The molecule has 0 saturated carbocycles. The Labute approximate surface area is 153 Å². The Balaban J connectivity index is 1.97. The summed E-state index contributed by atoms with van der Waals surface area (Å²) < 4.78 is 1.95. The van der Waals surface area contributed by atoms with Gasteiger partial charge in [-0.25, -0.2) is 4.98 Å². The minimum Gasteiger partial charge on any atom is -0.505 e. The Morgan fingerprint density at radius 3 is 2.44 bits per heavy atom. The van der Waals surface area contributed by atoms with Crippen molar-refractivity contribution in [1.82, 2.24) is 14.9 Å². The van der Waals surface area contributed by atoms with Gasteiger partial charge < -0.3 is 20.1 Å². The minimum atomic E-state index is -1.18. The molecule has 0 bridgehead atoms. The molecule has 0 spiro atoms. The zero-order chi connectivity index (χ0) is 19.0. The molecule has 0 aliphatic heterocycles. The number of hydrogen-bond acceptors (Lipinski definition) is 4. The summed E-state index contributed by atoms with van der Waals surface area (Å²) in [5.41, 5.74) is 2.20. The van der Waals surface area contributed by atoms with Crippen molar-refractivity contribution < 1.29 is 19.8 Å². The van der Waals surface area contributed by atoms with Crippen LogP contribution in [0.5, 0.6) is 5.75 Å². The molecule has 134 valence electrons. The Hall–Kier alpha value is -3.87. The predicted molar refractivity (Wildman–Crippen MR) is 100 cm³/mol. The van der Waals surface area contributed by atoms with Gasteiger partial charge in [-0.3, -0.25) is 9.59 Å². The van der Waals surface area contributed by atoms with E-state index in [4.69, 9.17) is 5.11 Å². The normalized spacial score (nSPS) is 11.0. The molecular weight excluding hydrogens is 346 g/mol. The van der Waals surface area contributed by atoms with E-state index < -0.39 is 18.4 Å². The van der Waals surface area contributed by atoms with Crippen LogP contribution in [0.1, 0.15) is 10.5 Å². The van der Waals surface area contributed by atoms with Crippen molar-refractivity contribution in [1.29, 1.82) is 0 Å². The number of fused-ring (bicyclic) bond motifs is 3. The topological polar surface area (TPSA) is 104 Å². The van der Waals surface area contributed by atoms with Crippen molar-refractivity contribution >= 4 is 33.7 Å². The highest BCUT2D eigenvalue weighted by molar-refractivity contribution is 6.14. The number of carbonyl (C=O) groups excluding carboxylic acids is 1. The van der Waals surface area contributed by atoms with Crippen LogP contribution in [-0.2, 0) is 4.79 Å². The monoisotopic (exact) mass is 361 g/mol. The number of aromatic nitrogens is 2. The van der Waals surface area contributed by atoms with E-state index in [2.05, 4.69) is 10.3 Å². The quantitative estimate of drug-likeness (QED) is 0.518. The molecule has 2 aromatic heterocycles. The van der Waals surface area contributed by atoms with Gasteiger partial charge in [-0.15, -0.1) is 0 Å². The molecule has 0 aliphatic carbocycles. The lowest BCUT2D eigenvalue weighted by atomic mass is 10.1. The van der Waals surface area contributed by atoms with Crippen LogP contribution >= 0.6 is 0 Å². The number of amides is 1. The number of nitrogens with zero attached hydrogens (tertiary/aromatic N) is 2. The average Bonchev–Trinajstić information content (AvgIpc) is 3.02. The second kappa shape index (κ2) is 6.45. The summed E-state index contributed by atoms with van der Waals surface area (Å²) in [5, 5.41) is 23.0. The van der Waals surface area contributed by atoms with Crippen molar-refractivity contribution in [3.8, 4) is 11.4 Å². The van der Waals surface area contributed by atoms with Gasteiger partial charge in [-0.1, -0.05) is 36.4 Å². The number of carbonyl (C=O) groups is 2. The van der Waals surface area contributed by atoms with Crippen LogP contribution in [0.25, 0.3) is 27.5 Å². The van der Waals surface area contributed by atoms with Gasteiger partial charge in [0.1, 0.15) is 6.54 Å². The van der Waals surface area contributed by atoms with Crippen LogP contribution in [0.3, 0.4) is 0 Å². The van der Waals surface area contributed by atoms with Crippen LogP contribution in [0.2, 0.25) is 0 Å². The van der Waals surface area contributed by atoms with Gasteiger partial charge in [0.25, 0.3) is 5.91 Å². The molecule has 4 aromatic rings. The van der Waals surface area contributed by atoms with E-state index in [0.717, 1.165) is 16.6 Å². The first-order valence-electron chi connectivity index (χ1n) is 8.24. The predicted octanol–water partition coefficient (Wildman–Crippen LogP) is 2.70. The third-order valence-electron chi connectivity index (χ3n) is 4.32. The highest BCUT2D eigenvalue weighted by atomic mass is 16.4. The molecule has 0 saturated heterocycles. The molecule has 2 heterocycles. The molecule has 0 fully saturated rings. The molecule has 2 aromatic carbocycles. The summed E-state index contributed by atoms with van der Waals surface area (Å²) in [4.78, 5) is 27.0. The van der Waals surface area contributed by atoms with Crippen LogP contribution < -0.4 is 5.32 Å². The van der Waals surface area contributed by atoms with Gasteiger partial charge in [0.2, 0.25) is 0 Å². The van der Waals surface area contributed by atoms with Gasteiger partial charge in [0, 0.05) is 11.1 Å². The molecule has 1 amide bonds. The van der Waals surface area contributed by atoms with E-state index in [-0.39, 0.29) is 11.4 Å². The van der Waals surface area contributed by atoms with Gasteiger partial charge >= 0.3 is 5.97 Å². The van der Waals surface area contributed by atoms with E-state index in [1.165, 1.54) is 6.20 Å². The van der Waals surface area contributed by atoms with Crippen molar-refractivity contribution in [3.05, 3.63) is 66.5 Å². The van der Waals surface area contributed by atoms with Gasteiger partial charge in [-0.2, -0.15) is 0 Å². The molecule has 27 heavy (non-hydrogen) atoms. The summed E-state index contributed by atoms with van der Waals surface area (Å²) in [6.45, 7) is -0.552.